The second-order valence-corrected chi connectivity index (χ2v) is 10.3. The smallest absolute Gasteiger partial charge is 0.269 e. The summed E-state index contributed by atoms with van der Waals surface area (Å²) in [4.78, 5) is 18.7. The van der Waals surface area contributed by atoms with Crippen LogP contribution in [0, 0.1) is 12.8 Å². The number of benzene rings is 1. The summed E-state index contributed by atoms with van der Waals surface area (Å²) in [6.07, 6.45) is 3.77. The zero-order chi connectivity index (χ0) is 24.4. The first kappa shape index (κ1) is 23.4. The second-order valence-electron chi connectivity index (χ2n) is 9.37. The van der Waals surface area contributed by atoms with Gasteiger partial charge in [-0.15, -0.1) is 26.6 Å². The monoisotopic (exact) mass is 490 g/mol. The maximum Gasteiger partial charge on any atom is 0.269 e. The zero-order valence-corrected chi connectivity index (χ0v) is 21.1. The number of piperidine rings is 1. The molecule has 4 heterocycles. The first-order valence-corrected chi connectivity index (χ1v) is 12.9. The van der Waals surface area contributed by atoms with Crippen LogP contribution in [0.2, 0.25) is 0 Å². The fourth-order valence-electron chi connectivity index (χ4n) is 4.63. The van der Waals surface area contributed by atoms with E-state index in [4.69, 9.17) is 9.52 Å². The third kappa shape index (κ3) is 5.21. The van der Waals surface area contributed by atoms with Crippen molar-refractivity contribution in [2.75, 3.05) is 24.5 Å². The largest absolute Gasteiger partial charge is 0.421 e. The first-order valence-electron chi connectivity index (χ1n) is 12.0. The lowest BCUT2D eigenvalue weighted by molar-refractivity contribution is 0.0960. The third-order valence-corrected chi connectivity index (χ3v) is 7.06. The van der Waals surface area contributed by atoms with Gasteiger partial charge in [0.05, 0.1) is 10.6 Å². The van der Waals surface area contributed by atoms with E-state index in [1.54, 1.807) is 11.6 Å². The van der Waals surface area contributed by atoms with E-state index in [1.807, 2.05) is 58.9 Å². The molecule has 1 aliphatic heterocycles. The van der Waals surface area contributed by atoms with Gasteiger partial charge in [-0.25, -0.2) is 4.68 Å². The Kier molecular flexibility index (Phi) is 6.79. The van der Waals surface area contributed by atoms with E-state index in [0.29, 0.717) is 23.5 Å². The van der Waals surface area contributed by atoms with Crippen LogP contribution < -0.4 is 4.90 Å². The molecule has 1 aromatic carbocycles. The first-order chi connectivity index (χ1) is 17.0. The molecule has 0 N–H and O–H groups in total. The van der Waals surface area contributed by atoms with Crippen molar-refractivity contribution in [3.05, 3.63) is 64.8 Å². The lowest BCUT2D eigenvalue weighted by atomic mass is 10.0. The van der Waals surface area contributed by atoms with Gasteiger partial charge in [0.25, 0.3) is 5.91 Å². The number of carbonyl (C=O) groups excluding carboxylic acids is 1. The Bertz CT molecular complexity index is 1270. The van der Waals surface area contributed by atoms with Crippen LogP contribution in [-0.4, -0.2) is 56.5 Å². The number of likely N-dealkylation sites (tertiary alicyclic amines) is 1. The molecule has 182 valence electrons. The second kappa shape index (κ2) is 10.1. The molecule has 35 heavy (non-hydrogen) atoms. The molecule has 0 saturated carbocycles. The standard InChI is InChI=1S/C26H30N6O2S/c1-18(2)17-30-12-9-21(10-13-30)32(26(33)23-8-5-15-35-23)24-11-14-31(29-24)22-7-4-6-20(16-22)25-28-27-19(3)34-25/h4-8,11,14-16,18,21H,9-10,12-13,17H2,1-3H3. The van der Waals surface area contributed by atoms with Crippen LogP contribution >= 0.6 is 11.3 Å². The minimum absolute atomic E-state index is 0.0163. The predicted octanol–water partition coefficient (Wildman–Crippen LogP) is 5.06. The average Bonchev–Trinajstić information content (AvgIpc) is 3.62. The molecule has 8 nitrogen and oxygen atoms in total. The molecule has 1 aliphatic rings. The van der Waals surface area contributed by atoms with E-state index >= 15 is 0 Å². The highest BCUT2D eigenvalue weighted by atomic mass is 32.1. The van der Waals surface area contributed by atoms with E-state index in [0.717, 1.165) is 48.6 Å². The van der Waals surface area contributed by atoms with Gasteiger partial charge in [-0.1, -0.05) is 26.0 Å². The van der Waals surface area contributed by atoms with Crippen molar-refractivity contribution in [3.63, 3.8) is 0 Å². The van der Waals surface area contributed by atoms with E-state index < -0.39 is 0 Å². The summed E-state index contributed by atoms with van der Waals surface area (Å²) in [5.41, 5.74) is 1.68. The molecule has 3 aromatic heterocycles. The molecule has 0 bridgehead atoms. The summed E-state index contributed by atoms with van der Waals surface area (Å²) in [6.45, 7) is 9.34. The highest BCUT2D eigenvalue weighted by molar-refractivity contribution is 7.12. The Morgan fingerprint density at radius 1 is 1.17 bits per heavy atom. The molecular formula is C26H30N6O2S. The zero-order valence-electron chi connectivity index (χ0n) is 20.3. The maximum atomic E-state index is 13.6. The van der Waals surface area contributed by atoms with Crippen molar-refractivity contribution < 1.29 is 9.21 Å². The summed E-state index contributed by atoms with van der Waals surface area (Å²) in [5.74, 6) is 2.32. The SMILES string of the molecule is Cc1nnc(-c2cccc(-n3ccc(N(C(=O)c4cccs4)C4CCN(CC(C)C)CC4)n3)c2)o1. The number of nitrogens with zero attached hydrogens (tertiary/aromatic N) is 6. The van der Waals surface area contributed by atoms with Crippen molar-refractivity contribution in [1.82, 2.24) is 24.9 Å². The quantitative estimate of drug-likeness (QED) is 0.360. The molecule has 0 unspecified atom stereocenters. The molecule has 1 fully saturated rings. The highest BCUT2D eigenvalue weighted by Gasteiger charge is 2.32. The molecule has 0 atom stereocenters. The highest BCUT2D eigenvalue weighted by Crippen LogP contribution is 2.28. The molecule has 1 amide bonds. The number of hydrogen-bond acceptors (Lipinski definition) is 7. The molecule has 5 rings (SSSR count). The third-order valence-electron chi connectivity index (χ3n) is 6.20. The van der Waals surface area contributed by atoms with Crippen LogP contribution in [0.15, 0.2) is 58.5 Å². The summed E-state index contributed by atoms with van der Waals surface area (Å²) in [6, 6.07) is 13.6. The van der Waals surface area contributed by atoms with Gasteiger partial charge < -0.3 is 9.32 Å². The Morgan fingerprint density at radius 3 is 2.69 bits per heavy atom. The van der Waals surface area contributed by atoms with E-state index in [9.17, 15) is 4.79 Å². The van der Waals surface area contributed by atoms with Gasteiger partial charge in [0.15, 0.2) is 5.82 Å². The molecular weight excluding hydrogens is 460 g/mol. The van der Waals surface area contributed by atoms with Crippen molar-refractivity contribution in [1.29, 1.82) is 0 Å². The molecule has 1 saturated heterocycles. The van der Waals surface area contributed by atoms with Crippen LogP contribution in [0.4, 0.5) is 5.82 Å². The molecule has 0 aliphatic carbocycles. The Balaban J connectivity index is 1.42. The number of thiophene rings is 1. The Hall–Kier alpha value is -3.30. The van der Waals surface area contributed by atoms with Gasteiger partial charge in [0.1, 0.15) is 0 Å². The van der Waals surface area contributed by atoms with Gasteiger partial charge in [-0.2, -0.15) is 0 Å². The van der Waals surface area contributed by atoms with Crippen LogP contribution in [-0.2, 0) is 0 Å². The van der Waals surface area contributed by atoms with Crippen LogP contribution in [0.1, 0.15) is 42.3 Å². The number of amides is 1. The molecule has 0 spiro atoms. The van der Waals surface area contributed by atoms with Gasteiger partial charge in [-0.05, 0) is 48.4 Å². The van der Waals surface area contributed by atoms with Crippen LogP contribution in [0.25, 0.3) is 17.1 Å². The topological polar surface area (TPSA) is 80.3 Å². The van der Waals surface area contributed by atoms with Gasteiger partial charge in [0.2, 0.25) is 11.8 Å². The number of aromatic nitrogens is 4. The van der Waals surface area contributed by atoms with Crippen LogP contribution in [0.5, 0.6) is 0 Å². The molecule has 4 aromatic rings. The Morgan fingerprint density at radius 2 is 2.00 bits per heavy atom. The normalized spacial score (nSPS) is 15.1. The van der Waals surface area contributed by atoms with Gasteiger partial charge in [0, 0.05) is 50.4 Å². The van der Waals surface area contributed by atoms with Crippen molar-refractivity contribution >= 4 is 23.1 Å². The van der Waals surface area contributed by atoms with E-state index in [-0.39, 0.29) is 11.9 Å². The minimum Gasteiger partial charge on any atom is -0.421 e. The average molecular weight is 491 g/mol. The fraction of sp³-hybridized carbons (Fsp3) is 0.385. The van der Waals surface area contributed by atoms with E-state index in [1.165, 1.54) is 11.3 Å². The number of rotatable bonds is 7. The van der Waals surface area contributed by atoms with Crippen molar-refractivity contribution in [2.24, 2.45) is 5.92 Å². The summed E-state index contributed by atoms with van der Waals surface area (Å²) < 4.78 is 7.38. The van der Waals surface area contributed by atoms with Crippen molar-refractivity contribution in [3.8, 4) is 17.1 Å². The summed E-state index contributed by atoms with van der Waals surface area (Å²) >= 11 is 1.47. The lowest BCUT2D eigenvalue weighted by Gasteiger charge is -2.38. The molecule has 9 heteroatoms. The van der Waals surface area contributed by atoms with Gasteiger partial charge >= 0.3 is 0 Å². The van der Waals surface area contributed by atoms with Crippen molar-refractivity contribution in [2.45, 2.75) is 39.7 Å². The fourth-order valence-corrected chi connectivity index (χ4v) is 5.29. The number of aryl methyl sites for hydroxylation is 1. The predicted molar refractivity (Wildman–Crippen MR) is 137 cm³/mol. The maximum absolute atomic E-state index is 13.6. The number of anilines is 1. The lowest BCUT2D eigenvalue weighted by Crippen LogP contribution is -2.48. The van der Waals surface area contributed by atoms with Crippen LogP contribution in [0.3, 0.4) is 0 Å². The summed E-state index contributed by atoms with van der Waals surface area (Å²) in [5, 5.41) is 14.8. The molecule has 0 radical (unpaired) electrons. The number of hydrogen-bond donors (Lipinski definition) is 0. The summed E-state index contributed by atoms with van der Waals surface area (Å²) in [7, 11) is 0. The van der Waals surface area contributed by atoms with E-state index in [2.05, 4.69) is 28.9 Å². The number of carbonyl (C=O) groups is 1. The Labute approximate surface area is 209 Å². The minimum atomic E-state index is 0.0163. The van der Waals surface area contributed by atoms with Gasteiger partial charge in [-0.3, -0.25) is 9.69 Å².